The summed E-state index contributed by atoms with van der Waals surface area (Å²) in [5.41, 5.74) is 1.16. The van der Waals surface area contributed by atoms with Gasteiger partial charge in [-0.1, -0.05) is 48.5 Å². The lowest BCUT2D eigenvalue weighted by Gasteiger charge is -2.41. The van der Waals surface area contributed by atoms with Crippen LogP contribution in [0.4, 0.5) is 0 Å². The Morgan fingerprint density at radius 3 is 2.24 bits per heavy atom. The first-order valence-corrected chi connectivity index (χ1v) is 18.0. The predicted octanol–water partition coefficient (Wildman–Crippen LogP) is 1.81. The maximum absolute atomic E-state index is 14.6. The number of carbonyl (C=O) groups is 5. The van der Waals surface area contributed by atoms with Crippen molar-refractivity contribution in [1.82, 2.24) is 31.2 Å². The van der Waals surface area contributed by atoms with E-state index in [9.17, 15) is 29.1 Å². The van der Waals surface area contributed by atoms with E-state index in [-0.39, 0.29) is 51.4 Å². The van der Waals surface area contributed by atoms with Gasteiger partial charge < -0.3 is 40.7 Å². The maximum atomic E-state index is 14.6. The van der Waals surface area contributed by atoms with Gasteiger partial charge >= 0.3 is 0 Å². The van der Waals surface area contributed by atoms with Gasteiger partial charge in [-0.25, -0.2) is 0 Å². The summed E-state index contributed by atoms with van der Waals surface area (Å²) in [4.78, 5) is 74.4. The summed E-state index contributed by atoms with van der Waals surface area (Å²) in [5, 5.41) is 21.5. The molecule has 282 valence electrons. The SMILES string of the molecule is Cc1cc(C(=O)N2CCC3(CC2)Oc2ccc(cc2)OCCNC(=O)[C@H](C)NC(=O)[C@H](CO)NC(=O)[C@@H](Cc2ccccc2)NC3=O)c2ccccc2n1. The molecule has 3 aromatic carbocycles. The highest BCUT2D eigenvalue weighted by molar-refractivity contribution is 6.06. The second-order valence-electron chi connectivity index (χ2n) is 13.5. The molecule has 0 unspecified atom stereocenters. The number of piperidine rings is 1. The normalized spacial score (nSPS) is 21.2. The van der Waals surface area contributed by atoms with Crippen LogP contribution in [0, 0.1) is 6.92 Å². The molecule has 1 spiro atoms. The molecule has 0 aliphatic carbocycles. The predicted molar refractivity (Wildman–Crippen MR) is 199 cm³/mol. The Bertz CT molecular complexity index is 2000. The first-order valence-electron chi connectivity index (χ1n) is 18.0. The molecule has 54 heavy (non-hydrogen) atoms. The van der Waals surface area contributed by atoms with Gasteiger partial charge in [0, 0.05) is 43.4 Å². The number of amides is 5. The molecule has 5 N–H and O–H groups in total. The fourth-order valence-corrected chi connectivity index (χ4v) is 6.62. The van der Waals surface area contributed by atoms with E-state index in [0.717, 1.165) is 10.9 Å². The summed E-state index contributed by atoms with van der Waals surface area (Å²) < 4.78 is 12.3. The van der Waals surface area contributed by atoms with Crippen molar-refractivity contribution in [2.45, 2.75) is 56.8 Å². The van der Waals surface area contributed by atoms with Crippen LogP contribution < -0.4 is 30.7 Å². The number of nitrogens with one attached hydrogen (secondary N) is 4. The van der Waals surface area contributed by atoms with E-state index >= 15 is 0 Å². The highest BCUT2D eigenvalue weighted by Gasteiger charge is 2.46. The molecule has 3 aliphatic rings. The summed E-state index contributed by atoms with van der Waals surface area (Å²) in [5.74, 6) is -1.90. The second-order valence-corrected chi connectivity index (χ2v) is 13.5. The number of nitrogens with zero attached hydrogens (tertiary/aromatic N) is 2. The van der Waals surface area contributed by atoms with E-state index in [1.807, 2.05) is 37.3 Å². The molecule has 1 saturated heterocycles. The summed E-state index contributed by atoms with van der Waals surface area (Å²) in [6, 6.07) is 21.4. The third-order valence-electron chi connectivity index (χ3n) is 9.63. The van der Waals surface area contributed by atoms with E-state index in [4.69, 9.17) is 9.47 Å². The number of hydrogen-bond acceptors (Lipinski definition) is 9. The summed E-state index contributed by atoms with van der Waals surface area (Å²) >= 11 is 0. The molecular formula is C40H44N6O8. The number of likely N-dealkylation sites (tertiary alicyclic amines) is 1. The number of pyridine rings is 1. The van der Waals surface area contributed by atoms with Crippen LogP contribution in [0.25, 0.3) is 10.9 Å². The van der Waals surface area contributed by atoms with Crippen LogP contribution in [0.2, 0.25) is 0 Å². The molecule has 7 rings (SSSR count). The highest BCUT2D eigenvalue weighted by atomic mass is 16.5. The van der Waals surface area contributed by atoms with E-state index < -0.39 is 54.0 Å². The highest BCUT2D eigenvalue weighted by Crippen LogP contribution is 2.32. The number of ether oxygens (including phenoxy) is 2. The van der Waals surface area contributed by atoms with Gasteiger partial charge in [0.15, 0.2) is 5.60 Å². The van der Waals surface area contributed by atoms with Gasteiger partial charge in [0.25, 0.3) is 11.8 Å². The third kappa shape index (κ3) is 8.77. The summed E-state index contributed by atoms with van der Waals surface area (Å²) in [6.07, 6.45) is 0.256. The van der Waals surface area contributed by atoms with Gasteiger partial charge in [0.1, 0.15) is 36.2 Å². The smallest absolute Gasteiger partial charge is 0.265 e. The molecule has 0 saturated carbocycles. The Kier molecular flexibility index (Phi) is 11.7. The first-order chi connectivity index (χ1) is 26.0. The quantitative estimate of drug-likeness (QED) is 0.195. The Morgan fingerprint density at radius 1 is 0.852 bits per heavy atom. The summed E-state index contributed by atoms with van der Waals surface area (Å²) in [6.45, 7) is 3.18. The number of aryl methyl sites for hydroxylation is 1. The van der Waals surface area contributed by atoms with Gasteiger partial charge in [0.2, 0.25) is 17.7 Å². The van der Waals surface area contributed by atoms with Crippen molar-refractivity contribution in [2.24, 2.45) is 0 Å². The number of para-hydroxylation sites is 1. The van der Waals surface area contributed by atoms with Gasteiger partial charge in [-0.3, -0.25) is 29.0 Å². The van der Waals surface area contributed by atoms with Crippen LogP contribution in [0.3, 0.4) is 0 Å². The maximum Gasteiger partial charge on any atom is 0.265 e. The number of hydrogen-bond donors (Lipinski definition) is 5. The Balaban J connectivity index is 1.31. The van der Waals surface area contributed by atoms with Crippen LogP contribution in [0.15, 0.2) is 84.9 Å². The fraction of sp³-hybridized carbons (Fsp3) is 0.350. The molecule has 3 atom stereocenters. The minimum Gasteiger partial charge on any atom is -0.492 e. The van der Waals surface area contributed by atoms with Crippen LogP contribution in [-0.2, 0) is 25.6 Å². The van der Waals surface area contributed by atoms with Crippen molar-refractivity contribution >= 4 is 40.4 Å². The number of benzene rings is 3. The van der Waals surface area contributed by atoms with Gasteiger partial charge in [0.05, 0.1) is 24.2 Å². The molecule has 1 fully saturated rings. The number of aromatic nitrogens is 1. The first kappa shape index (κ1) is 37.7. The summed E-state index contributed by atoms with van der Waals surface area (Å²) in [7, 11) is 0. The van der Waals surface area contributed by atoms with Crippen molar-refractivity contribution in [1.29, 1.82) is 0 Å². The zero-order valence-electron chi connectivity index (χ0n) is 30.2. The molecule has 3 aliphatic heterocycles. The van der Waals surface area contributed by atoms with Gasteiger partial charge in [-0.15, -0.1) is 0 Å². The second kappa shape index (κ2) is 16.8. The number of rotatable bonds is 4. The largest absolute Gasteiger partial charge is 0.492 e. The van der Waals surface area contributed by atoms with Gasteiger partial charge in [-0.05, 0) is 55.8 Å². The Labute approximate surface area is 312 Å². The fourth-order valence-electron chi connectivity index (χ4n) is 6.62. The zero-order valence-corrected chi connectivity index (χ0v) is 30.2. The van der Waals surface area contributed by atoms with Crippen LogP contribution in [-0.4, -0.2) is 101 Å². The molecule has 14 nitrogen and oxygen atoms in total. The number of carbonyl (C=O) groups excluding carboxylic acids is 5. The minimum atomic E-state index is -1.50. The average molecular weight is 737 g/mol. The monoisotopic (exact) mass is 736 g/mol. The van der Waals surface area contributed by atoms with Crippen LogP contribution >= 0.6 is 0 Å². The molecule has 14 heteroatoms. The molecule has 0 radical (unpaired) electrons. The van der Waals surface area contributed by atoms with Crippen molar-refractivity contribution in [3.05, 3.63) is 102 Å². The molecule has 2 bridgehead atoms. The van der Waals surface area contributed by atoms with E-state index in [1.165, 1.54) is 6.92 Å². The lowest BCUT2D eigenvalue weighted by molar-refractivity contribution is -0.144. The minimum absolute atomic E-state index is 0.0538. The topological polar surface area (TPSA) is 188 Å². The van der Waals surface area contributed by atoms with Crippen molar-refractivity contribution in [3.63, 3.8) is 0 Å². The van der Waals surface area contributed by atoms with Crippen molar-refractivity contribution < 1.29 is 38.6 Å². The average Bonchev–Trinajstić information content (AvgIpc) is 3.18. The van der Waals surface area contributed by atoms with E-state index in [2.05, 4.69) is 26.3 Å². The molecule has 4 aromatic rings. The Morgan fingerprint density at radius 2 is 1.52 bits per heavy atom. The molecule has 1 aromatic heterocycles. The van der Waals surface area contributed by atoms with Crippen LogP contribution in [0.1, 0.15) is 41.4 Å². The van der Waals surface area contributed by atoms with Crippen LogP contribution in [0.5, 0.6) is 11.5 Å². The molecule has 5 amide bonds. The lowest BCUT2D eigenvalue weighted by Crippen LogP contribution is -2.62. The zero-order chi connectivity index (χ0) is 38.2. The van der Waals surface area contributed by atoms with Crippen molar-refractivity contribution in [2.75, 3.05) is 32.8 Å². The third-order valence-corrected chi connectivity index (χ3v) is 9.63. The molecule has 4 heterocycles. The number of aliphatic hydroxyl groups is 1. The van der Waals surface area contributed by atoms with Gasteiger partial charge in [-0.2, -0.15) is 0 Å². The Hall–Kier alpha value is -6.02. The number of fused-ring (bicyclic) bond motifs is 16. The van der Waals surface area contributed by atoms with E-state index in [1.54, 1.807) is 59.5 Å². The molecular weight excluding hydrogens is 692 g/mol. The lowest BCUT2D eigenvalue weighted by atomic mass is 9.88. The van der Waals surface area contributed by atoms with Crippen molar-refractivity contribution in [3.8, 4) is 11.5 Å². The standard InChI is InChI=1S/C40H44N6O8/c1-25-22-31(30-10-6-7-11-32(30)42-25)38(51)46-19-16-40(17-20-46)39(52)45-33(23-27-8-4-3-5-9-27)36(49)44-34(24-47)37(50)43-26(2)35(48)41-18-21-53-28-12-14-29(54-40)15-13-28/h3-15,22,26,33-34,47H,16-21,23-24H2,1-2H3,(H,41,48)(H,43,50)(H,44,49)(H,45,52)/t26-,33+,34-/m0/s1. The van der Waals surface area contributed by atoms with E-state index in [0.29, 0.717) is 28.3 Å². The number of aliphatic hydroxyl groups excluding tert-OH is 1.